The third-order valence-corrected chi connectivity index (χ3v) is 10.1. The molecule has 13 nitrogen and oxygen atoms in total. The Labute approximate surface area is 316 Å². The van der Waals surface area contributed by atoms with Gasteiger partial charge in [-0.2, -0.15) is 0 Å². The summed E-state index contributed by atoms with van der Waals surface area (Å²) in [5, 5.41) is 0.184. The molecule has 3 aliphatic rings. The van der Waals surface area contributed by atoms with Gasteiger partial charge >= 0.3 is 18.3 Å². The smallest absolute Gasteiger partial charge is 0.409 e. The van der Waals surface area contributed by atoms with Crippen molar-refractivity contribution in [1.82, 2.24) is 29.4 Å². The van der Waals surface area contributed by atoms with Crippen molar-refractivity contribution in [2.24, 2.45) is 0 Å². The molecule has 2 aromatic rings. The Hall–Kier alpha value is -3.62. The number of ether oxygens (including phenoxy) is 3. The largest absolute Gasteiger partial charge is 0.415 e. The van der Waals surface area contributed by atoms with Gasteiger partial charge in [0.2, 0.25) is 0 Å². The summed E-state index contributed by atoms with van der Waals surface area (Å²) >= 11 is 13.0. The molecular weight excluding hydrogens is 711 g/mol. The second kappa shape index (κ2) is 18.9. The third-order valence-electron chi connectivity index (χ3n) is 9.57. The molecule has 3 heterocycles. The van der Waals surface area contributed by atoms with E-state index in [0.29, 0.717) is 65.4 Å². The third kappa shape index (κ3) is 10.3. The summed E-state index contributed by atoms with van der Waals surface area (Å²) in [7, 11) is 0. The lowest BCUT2D eigenvalue weighted by atomic mass is 10.0. The van der Waals surface area contributed by atoms with Gasteiger partial charge in [-0.1, -0.05) is 44.0 Å². The van der Waals surface area contributed by atoms with Crippen LogP contribution < -0.4 is 14.2 Å². The van der Waals surface area contributed by atoms with Crippen LogP contribution in [0.15, 0.2) is 30.3 Å². The number of ketones is 1. The summed E-state index contributed by atoms with van der Waals surface area (Å²) in [5.74, 6) is -0.858. The summed E-state index contributed by atoms with van der Waals surface area (Å²) in [6.07, 6.45) is 1.23. The van der Waals surface area contributed by atoms with Crippen LogP contribution in [-0.2, 0) is 0 Å². The Kier molecular flexibility index (Phi) is 14.4. The van der Waals surface area contributed by atoms with Crippen LogP contribution in [-0.4, -0.2) is 152 Å². The summed E-state index contributed by atoms with van der Waals surface area (Å²) in [4.78, 5) is 65.8. The minimum absolute atomic E-state index is 0.00710. The average Bonchev–Trinajstić information content (AvgIpc) is 3.14. The van der Waals surface area contributed by atoms with E-state index in [1.807, 2.05) is 0 Å². The van der Waals surface area contributed by atoms with Crippen molar-refractivity contribution < 1.29 is 33.4 Å². The number of piperazine rings is 3. The fourth-order valence-electron chi connectivity index (χ4n) is 6.67. The number of benzene rings is 2. The van der Waals surface area contributed by atoms with Crippen molar-refractivity contribution in [3.8, 4) is 17.2 Å². The molecule has 0 unspecified atom stereocenters. The lowest BCUT2D eigenvalue weighted by molar-refractivity contribution is 0.101. The second-order valence-electron chi connectivity index (χ2n) is 13.3. The van der Waals surface area contributed by atoms with Gasteiger partial charge in [-0.25, -0.2) is 14.4 Å². The lowest BCUT2D eigenvalue weighted by Crippen LogP contribution is -2.50. The Morgan fingerprint density at radius 2 is 0.904 bits per heavy atom. The highest BCUT2D eigenvalue weighted by atomic mass is 35.5. The number of hydrogen-bond donors (Lipinski definition) is 0. The van der Waals surface area contributed by atoms with Gasteiger partial charge in [-0.05, 0) is 63.2 Å². The summed E-state index contributed by atoms with van der Waals surface area (Å²) < 4.78 is 17.4. The second-order valence-corrected chi connectivity index (χ2v) is 14.2. The van der Waals surface area contributed by atoms with Crippen LogP contribution in [0.25, 0.3) is 0 Å². The first-order valence-electron chi connectivity index (χ1n) is 18.3. The molecule has 0 aliphatic carbocycles. The zero-order valence-corrected chi connectivity index (χ0v) is 31.9. The van der Waals surface area contributed by atoms with Gasteiger partial charge < -0.3 is 28.9 Å². The van der Waals surface area contributed by atoms with Crippen molar-refractivity contribution in [2.45, 2.75) is 40.0 Å². The molecule has 3 saturated heterocycles. The van der Waals surface area contributed by atoms with Gasteiger partial charge in [0, 0.05) is 95.2 Å². The number of halogens is 2. The molecule has 3 fully saturated rings. The molecule has 2 aromatic carbocycles. The van der Waals surface area contributed by atoms with Crippen molar-refractivity contribution in [2.75, 3.05) is 98.2 Å². The van der Waals surface area contributed by atoms with E-state index >= 15 is 0 Å². The van der Waals surface area contributed by atoms with Crippen molar-refractivity contribution in [3.63, 3.8) is 0 Å². The summed E-state index contributed by atoms with van der Waals surface area (Å²) in [6.45, 7) is 16.3. The summed E-state index contributed by atoms with van der Waals surface area (Å²) in [6, 6.07) is 6.98. The van der Waals surface area contributed by atoms with E-state index in [2.05, 4.69) is 35.5 Å². The standard InChI is InChI=1S/C37H50Cl2N6O7/c1-4-9-40-12-18-43(19-13-40)35(47)50-31-8-7-27(38)24-29(31)34(46)28-25-32(51-36(48)44-20-14-41(10-5-2)15-21-44)33(26-30(28)39)52-37(49)45-22-16-42(11-6-3)17-23-45/h7-8,24-26H,4-6,9-23H2,1-3H3. The zero-order chi connectivity index (χ0) is 37.2. The Morgan fingerprint density at radius 3 is 1.31 bits per heavy atom. The lowest BCUT2D eigenvalue weighted by Gasteiger charge is -2.34. The van der Waals surface area contributed by atoms with Crippen LogP contribution in [0.5, 0.6) is 17.2 Å². The van der Waals surface area contributed by atoms with E-state index in [4.69, 9.17) is 37.4 Å². The molecule has 3 aliphatic heterocycles. The van der Waals surface area contributed by atoms with Gasteiger partial charge in [0.25, 0.3) is 0 Å². The van der Waals surface area contributed by atoms with Crippen LogP contribution in [0, 0.1) is 0 Å². The Balaban J connectivity index is 1.38. The first kappa shape index (κ1) is 39.6. The molecule has 3 amide bonds. The zero-order valence-electron chi connectivity index (χ0n) is 30.4. The van der Waals surface area contributed by atoms with E-state index in [9.17, 15) is 19.2 Å². The van der Waals surface area contributed by atoms with Crippen LogP contribution in [0.3, 0.4) is 0 Å². The molecule has 0 radical (unpaired) electrons. The van der Waals surface area contributed by atoms with E-state index in [-0.39, 0.29) is 38.4 Å². The molecule has 0 aromatic heterocycles. The highest BCUT2D eigenvalue weighted by Gasteiger charge is 2.30. The van der Waals surface area contributed by atoms with Crippen LogP contribution in [0.1, 0.15) is 56.0 Å². The molecule has 15 heteroatoms. The molecule has 0 N–H and O–H groups in total. The van der Waals surface area contributed by atoms with Crippen LogP contribution in [0.4, 0.5) is 14.4 Å². The predicted octanol–water partition coefficient (Wildman–Crippen LogP) is 5.80. The number of nitrogens with zero attached hydrogens (tertiary/aromatic N) is 6. The number of rotatable bonds is 11. The van der Waals surface area contributed by atoms with Crippen molar-refractivity contribution >= 4 is 47.3 Å². The Morgan fingerprint density at radius 1 is 0.519 bits per heavy atom. The molecule has 0 atom stereocenters. The van der Waals surface area contributed by atoms with Gasteiger partial charge in [0.15, 0.2) is 17.3 Å². The maximum absolute atomic E-state index is 14.2. The average molecular weight is 762 g/mol. The van der Waals surface area contributed by atoms with Gasteiger partial charge in [0.1, 0.15) is 5.75 Å². The highest BCUT2D eigenvalue weighted by Crippen LogP contribution is 2.37. The van der Waals surface area contributed by atoms with Crippen LogP contribution in [0.2, 0.25) is 10.0 Å². The van der Waals surface area contributed by atoms with E-state index < -0.39 is 24.1 Å². The Bertz CT molecular complexity index is 1570. The van der Waals surface area contributed by atoms with E-state index in [1.54, 1.807) is 14.7 Å². The quantitative estimate of drug-likeness (QED) is 0.260. The maximum Gasteiger partial charge on any atom is 0.415 e. The highest BCUT2D eigenvalue weighted by molar-refractivity contribution is 6.36. The molecular formula is C37H50Cl2N6O7. The first-order chi connectivity index (χ1) is 25.1. The van der Waals surface area contributed by atoms with Gasteiger partial charge in [-0.3, -0.25) is 19.5 Å². The normalized spacial score (nSPS) is 17.6. The van der Waals surface area contributed by atoms with Gasteiger partial charge in [0.05, 0.1) is 10.6 Å². The van der Waals surface area contributed by atoms with E-state index in [1.165, 1.54) is 30.3 Å². The molecule has 284 valence electrons. The fraction of sp³-hybridized carbons (Fsp3) is 0.568. The first-order valence-corrected chi connectivity index (χ1v) is 19.1. The molecule has 52 heavy (non-hydrogen) atoms. The molecule has 5 rings (SSSR count). The van der Waals surface area contributed by atoms with Crippen LogP contribution >= 0.6 is 23.2 Å². The maximum atomic E-state index is 14.2. The number of carbonyl (C=O) groups excluding carboxylic acids is 4. The number of amides is 3. The number of carbonyl (C=O) groups is 4. The van der Waals surface area contributed by atoms with Gasteiger partial charge in [-0.15, -0.1) is 0 Å². The topological polar surface area (TPSA) is 115 Å². The minimum atomic E-state index is -0.640. The van der Waals surface area contributed by atoms with Crippen molar-refractivity contribution in [1.29, 1.82) is 0 Å². The molecule has 0 spiro atoms. The molecule has 0 bridgehead atoms. The SMILES string of the molecule is CCCN1CCN(C(=O)Oc2cc(Cl)c(C(=O)c3cc(Cl)ccc3OC(=O)N3CCN(CCC)CC3)cc2OC(=O)N2CCN(CCC)CC2)CC1. The summed E-state index contributed by atoms with van der Waals surface area (Å²) in [5.41, 5.74) is -0.0654. The monoisotopic (exact) mass is 760 g/mol. The van der Waals surface area contributed by atoms with E-state index in [0.717, 1.165) is 52.0 Å². The molecule has 0 saturated carbocycles. The minimum Gasteiger partial charge on any atom is -0.409 e. The number of hydrogen-bond acceptors (Lipinski definition) is 10. The fourth-order valence-corrected chi connectivity index (χ4v) is 7.08. The predicted molar refractivity (Wildman–Crippen MR) is 199 cm³/mol. The van der Waals surface area contributed by atoms with Crippen molar-refractivity contribution in [3.05, 3.63) is 51.5 Å².